The van der Waals surface area contributed by atoms with Crippen molar-refractivity contribution in [2.75, 3.05) is 11.9 Å². The van der Waals surface area contributed by atoms with Crippen LogP contribution in [0.1, 0.15) is 54.9 Å². The van der Waals surface area contributed by atoms with Gasteiger partial charge in [0, 0.05) is 17.3 Å². The molecule has 0 heterocycles. The van der Waals surface area contributed by atoms with E-state index in [1.54, 1.807) is 24.3 Å². The maximum atomic E-state index is 12.9. The Labute approximate surface area is 183 Å². The topological polar surface area (TPSA) is 75.6 Å². The van der Waals surface area contributed by atoms with Gasteiger partial charge in [-0.15, -0.1) is 0 Å². The quantitative estimate of drug-likeness (QED) is 0.370. The van der Waals surface area contributed by atoms with Gasteiger partial charge in [-0.3, -0.25) is 4.79 Å². The summed E-state index contributed by atoms with van der Waals surface area (Å²) >= 11 is 0. The van der Waals surface area contributed by atoms with Crippen LogP contribution in [0.15, 0.2) is 60.7 Å². The van der Waals surface area contributed by atoms with Gasteiger partial charge < -0.3 is 15.2 Å². The molecule has 3 rings (SSSR count). The second kappa shape index (κ2) is 11.2. The molecule has 5 nitrogen and oxygen atoms in total. The van der Waals surface area contributed by atoms with E-state index in [0.29, 0.717) is 17.0 Å². The van der Waals surface area contributed by atoms with Crippen molar-refractivity contribution in [3.63, 3.8) is 0 Å². The molecule has 0 saturated carbocycles. The molecule has 0 aliphatic rings. The molecule has 0 radical (unpaired) electrons. The molecule has 3 aromatic rings. The molecular formula is C26H29NO4. The summed E-state index contributed by atoms with van der Waals surface area (Å²) in [6.07, 6.45) is 7.33. The monoisotopic (exact) mass is 419 g/mol. The van der Waals surface area contributed by atoms with Crippen LogP contribution < -0.4 is 10.1 Å². The number of aryl methyl sites for hydroxylation is 1. The molecule has 0 aliphatic carbocycles. The number of carbonyl (C=O) groups is 2. The lowest BCUT2D eigenvalue weighted by atomic mass is 9.98. The first-order valence-corrected chi connectivity index (χ1v) is 10.8. The highest BCUT2D eigenvalue weighted by atomic mass is 16.5. The maximum absolute atomic E-state index is 12.9. The molecule has 1 amide bonds. The van der Waals surface area contributed by atoms with E-state index in [2.05, 4.69) is 24.4 Å². The molecular weight excluding hydrogens is 390 g/mol. The van der Waals surface area contributed by atoms with Crippen LogP contribution in [0.3, 0.4) is 0 Å². The number of anilines is 1. The lowest BCUT2D eigenvalue weighted by Gasteiger charge is -2.11. The lowest BCUT2D eigenvalue weighted by molar-refractivity contribution is -0.139. The number of hydrogen-bond donors (Lipinski definition) is 2. The van der Waals surface area contributed by atoms with Gasteiger partial charge in [-0.2, -0.15) is 0 Å². The minimum absolute atomic E-state index is 0.215. The van der Waals surface area contributed by atoms with Crippen LogP contribution in [-0.2, 0) is 11.2 Å². The number of amides is 1. The van der Waals surface area contributed by atoms with E-state index in [0.717, 1.165) is 17.2 Å². The van der Waals surface area contributed by atoms with Crippen molar-refractivity contribution in [1.82, 2.24) is 0 Å². The molecule has 0 aromatic heterocycles. The Morgan fingerprint density at radius 1 is 0.935 bits per heavy atom. The van der Waals surface area contributed by atoms with Crippen molar-refractivity contribution in [2.45, 2.75) is 45.4 Å². The predicted molar refractivity (Wildman–Crippen MR) is 124 cm³/mol. The third-order valence-corrected chi connectivity index (χ3v) is 5.21. The molecule has 0 spiro atoms. The van der Waals surface area contributed by atoms with E-state index in [-0.39, 0.29) is 5.91 Å². The SMILES string of the molecule is CCCCCCCc1ccc2c(C(=O)Nc3cccc(OCC(=O)O)c3)cccc2c1. The van der Waals surface area contributed by atoms with Crippen molar-refractivity contribution in [2.24, 2.45) is 0 Å². The van der Waals surface area contributed by atoms with Gasteiger partial charge in [0.15, 0.2) is 6.61 Å². The largest absolute Gasteiger partial charge is 0.482 e. The number of carboxylic acids is 1. The summed E-state index contributed by atoms with van der Waals surface area (Å²) in [4.78, 5) is 23.6. The normalized spacial score (nSPS) is 10.7. The Bertz CT molecular complexity index is 1040. The summed E-state index contributed by atoms with van der Waals surface area (Å²) in [6.45, 7) is 1.79. The Hall–Kier alpha value is -3.34. The van der Waals surface area contributed by atoms with Crippen molar-refractivity contribution in [3.05, 3.63) is 71.8 Å². The summed E-state index contributed by atoms with van der Waals surface area (Å²) in [5.74, 6) is -0.875. The number of carboxylic acid groups (broad SMARTS) is 1. The van der Waals surface area contributed by atoms with E-state index in [1.807, 2.05) is 24.3 Å². The van der Waals surface area contributed by atoms with Gasteiger partial charge in [-0.1, -0.05) is 69.0 Å². The minimum atomic E-state index is -1.05. The number of fused-ring (bicyclic) bond motifs is 1. The highest BCUT2D eigenvalue weighted by Crippen LogP contribution is 2.24. The van der Waals surface area contributed by atoms with Gasteiger partial charge in [0.1, 0.15) is 5.75 Å². The fourth-order valence-electron chi connectivity index (χ4n) is 3.63. The average molecular weight is 420 g/mol. The first-order chi connectivity index (χ1) is 15.1. The predicted octanol–water partition coefficient (Wildman–Crippen LogP) is 6.07. The van der Waals surface area contributed by atoms with Crippen molar-refractivity contribution >= 4 is 28.3 Å². The van der Waals surface area contributed by atoms with Crippen LogP contribution >= 0.6 is 0 Å². The zero-order valence-corrected chi connectivity index (χ0v) is 17.9. The van der Waals surface area contributed by atoms with Gasteiger partial charge in [0.2, 0.25) is 0 Å². The van der Waals surface area contributed by atoms with Crippen LogP contribution in [0.25, 0.3) is 10.8 Å². The Balaban J connectivity index is 1.70. The zero-order chi connectivity index (χ0) is 22.1. The number of unbranched alkanes of at least 4 members (excludes halogenated alkanes) is 4. The van der Waals surface area contributed by atoms with Gasteiger partial charge in [0.05, 0.1) is 0 Å². The lowest BCUT2D eigenvalue weighted by Crippen LogP contribution is -2.13. The summed E-state index contributed by atoms with van der Waals surface area (Å²) < 4.78 is 5.18. The van der Waals surface area contributed by atoms with Crippen LogP contribution in [0.5, 0.6) is 5.75 Å². The summed E-state index contributed by atoms with van der Waals surface area (Å²) in [6, 6.07) is 18.8. The highest BCUT2D eigenvalue weighted by molar-refractivity contribution is 6.13. The molecule has 0 unspecified atom stereocenters. The minimum Gasteiger partial charge on any atom is -0.482 e. The zero-order valence-electron chi connectivity index (χ0n) is 17.9. The van der Waals surface area contributed by atoms with Crippen LogP contribution in [0, 0.1) is 0 Å². The van der Waals surface area contributed by atoms with Crippen molar-refractivity contribution in [3.8, 4) is 5.75 Å². The standard InChI is InChI=1S/C26H29NO4/c1-2-3-4-5-6-9-19-14-15-23-20(16-19)10-7-13-24(23)26(30)27-21-11-8-12-22(17-21)31-18-25(28)29/h7-8,10-17H,2-6,9,18H2,1H3,(H,27,30)(H,28,29). The number of carbonyl (C=O) groups excluding carboxylic acids is 1. The van der Waals surface area contributed by atoms with Crippen LogP contribution in [-0.4, -0.2) is 23.6 Å². The third kappa shape index (κ3) is 6.57. The van der Waals surface area contributed by atoms with Crippen molar-refractivity contribution in [1.29, 1.82) is 0 Å². The highest BCUT2D eigenvalue weighted by Gasteiger charge is 2.11. The second-order valence-electron chi connectivity index (χ2n) is 7.69. The van der Waals surface area contributed by atoms with E-state index >= 15 is 0 Å². The van der Waals surface area contributed by atoms with E-state index in [4.69, 9.17) is 9.84 Å². The van der Waals surface area contributed by atoms with E-state index < -0.39 is 12.6 Å². The Kier molecular flexibility index (Phi) is 8.05. The molecule has 0 saturated heterocycles. The molecule has 0 aliphatic heterocycles. The fraction of sp³-hybridized carbons (Fsp3) is 0.308. The van der Waals surface area contributed by atoms with E-state index in [1.165, 1.54) is 37.7 Å². The molecule has 0 bridgehead atoms. The van der Waals surface area contributed by atoms with Crippen LogP contribution in [0.2, 0.25) is 0 Å². The number of aliphatic carboxylic acids is 1. The summed E-state index contributed by atoms with van der Waals surface area (Å²) in [5.41, 5.74) is 2.45. The molecule has 162 valence electrons. The second-order valence-corrected chi connectivity index (χ2v) is 7.69. The third-order valence-electron chi connectivity index (χ3n) is 5.21. The number of hydrogen-bond acceptors (Lipinski definition) is 3. The number of rotatable bonds is 11. The van der Waals surface area contributed by atoms with Gasteiger partial charge in [-0.25, -0.2) is 4.79 Å². The summed E-state index contributed by atoms with van der Waals surface area (Å²) in [5, 5.41) is 13.6. The molecule has 3 aromatic carbocycles. The molecule has 2 N–H and O–H groups in total. The number of nitrogens with one attached hydrogen (secondary N) is 1. The van der Waals surface area contributed by atoms with Crippen molar-refractivity contribution < 1.29 is 19.4 Å². The molecule has 31 heavy (non-hydrogen) atoms. The molecule has 0 fully saturated rings. The molecule has 0 atom stereocenters. The van der Waals surface area contributed by atoms with Gasteiger partial charge in [0.25, 0.3) is 5.91 Å². The smallest absolute Gasteiger partial charge is 0.341 e. The molecule has 5 heteroatoms. The maximum Gasteiger partial charge on any atom is 0.341 e. The first-order valence-electron chi connectivity index (χ1n) is 10.8. The van der Waals surface area contributed by atoms with E-state index in [9.17, 15) is 9.59 Å². The Morgan fingerprint density at radius 2 is 1.74 bits per heavy atom. The Morgan fingerprint density at radius 3 is 2.55 bits per heavy atom. The summed E-state index contributed by atoms with van der Waals surface area (Å²) in [7, 11) is 0. The number of benzene rings is 3. The van der Waals surface area contributed by atoms with Gasteiger partial charge in [-0.05, 0) is 47.4 Å². The van der Waals surface area contributed by atoms with Crippen LogP contribution in [0.4, 0.5) is 5.69 Å². The van der Waals surface area contributed by atoms with Gasteiger partial charge >= 0.3 is 5.97 Å². The number of ether oxygens (including phenoxy) is 1. The fourth-order valence-corrected chi connectivity index (χ4v) is 3.63. The first kappa shape index (κ1) is 22.3. The average Bonchev–Trinajstić information content (AvgIpc) is 2.77.